The summed E-state index contributed by atoms with van der Waals surface area (Å²) in [6.45, 7) is 4.68. The van der Waals surface area contributed by atoms with Gasteiger partial charge in [0.05, 0.1) is 0 Å². The van der Waals surface area contributed by atoms with Crippen LogP contribution in [-0.4, -0.2) is 6.29 Å². The highest BCUT2D eigenvalue weighted by atomic mass is 16.1. The quantitative estimate of drug-likeness (QED) is 0.641. The van der Waals surface area contributed by atoms with Gasteiger partial charge in [-0.2, -0.15) is 0 Å². The highest BCUT2D eigenvalue weighted by Crippen LogP contribution is 2.52. The molecule has 2 atom stereocenters. The molecule has 15 heavy (non-hydrogen) atoms. The Morgan fingerprint density at radius 2 is 2.00 bits per heavy atom. The summed E-state index contributed by atoms with van der Waals surface area (Å²) in [4.78, 5) is 11.4. The van der Waals surface area contributed by atoms with Crippen molar-refractivity contribution in [1.29, 1.82) is 0 Å². The molecule has 0 amide bonds. The lowest BCUT2D eigenvalue weighted by molar-refractivity contribution is -0.122. The van der Waals surface area contributed by atoms with E-state index in [0.29, 0.717) is 5.41 Å². The molecule has 0 spiro atoms. The molecule has 2 fully saturated rings. The molecule has 0 aromatic heterocycles. The van der Waals surface area contributed by atoms with Crippen LogP contribution in [0.25, 0.3) is 0 Å². The monoisotopic (exact) mass is 208 g/mol. The van der Waals surface area contributed by atoms with Gasteiger partial charge in [0, 0.05) is 5.41 Å². The van der Waals surface area contributed by atoms with E-state index < -0.39 is 0 Å². The molecule has 2 aliphatic carbocycles. The number of carbonyl (C=O) groups is 1. The van der Waals surface area contributed by atoms with Gasteiger partial charge in [-0.1, -0.05) is 33.1 Å². The summed E-state index contributed by atoms with van der Waals surface area (Å²) in [7, 11) is 0. The van der Waals surface area contributed by atoms with E-state index in [-0.39, 0.29) is 5.41 Å². The summed E-state index contributed by atoms with van der Waals surface area (Å²) in [5, 5.41) is 0. The van der Waals surface area contributed by atoms with Crippen LogP contribution >= 0.6 is 0 Å². The molecule has 0 aliphatic heterocycles. The number of aldehydes is 1. The standard InChI is InChI=1S/C14H24O/c1-12-5-3-8-14(9-12,11-15)10-13(2)6-4-7-13/h11-12H,3-10H2,1-2H3. The highest BCUT2D eigenvalue weighted by Gasteiger charge is 2.43. The van der Waals surface area contributed by atoms with Gasteiger partial charge in [0.2, 0.25) is 0 Å². The summed E-state index contributed by atoms with van der Waals surface area (Å²) >= 11 is 0. The second-order valence-electron chi connectivity index (χ2n) is 6.52. The lowest BCUT2D eigenvalue weighted by Crippen LogP contribution is -2.38. The van der Waals surface area contributed by atoms with E-state index in [2.05, 4.69) is 13.8 Å². The van der Waals surface area contributed by atoms with Gasteiger partial charge in [0.25, 0.3) is 0 Å². The molecule has 0 aromatic rings. The summed E-state index contributed by atoms with van der Waals surface area (Å²) in [6.07, 6.45) is 11.4. The van der Waals surface area contributed by atoms with Gasteiger partial charge in [-0.25, -0.2) is 0 Å². The first-order valence-corrected chi connectivity index (χ1v) is 6.54. The molecule has 2 saturated carbocycles. The average Bonchev–Trinajstić information content (AvgIpc) is 2.15. The molecule has 86 valence electrons. The van der Waals surface area contributed by atoms with Crippen LogP contribution in [-0.2, 0) is 4.79 Å². The zero-order chi connectivity index (χ0) is 10.9. The molecular formula is C14H24O. The SMILES string of the molecule is CC1CCCC(C=O)(CC2(C)CCC2)C1. The van der Waals surface area contributed by atoms with Crippen molar-refractivity contribution in [1.82, 2.24) is 0 Å². The molecule has 0 radical (unpaired) electrons. The second-order valence-corrected chi connectivity index (χ2v) is 6.52. The number of hydrogen-bond donors (Lipinski definition) is 0. The first-order valence-electron chi connectivity index (χ1n) is 6.54. The largest absolute Gasteiger partial charge is 0.303 e. The molecule has 0 heterocycles. The van der Waals surface area contributed by atoms with E-state index >= 15 is 0 Å². The van der Waals surface area contributed by atoms with Gasteiger partial charge in [-0.3, -0.25) is 0 Å². The Hall–Kier alpha value is -0.330. The molecular weight excluding hydrogens is 184 g/mol. The minimum atomic E-state index is 0.0484. The highest BCUT2D eigenvalue weighted by molar-refractivity contribution is 5.59. The molecule has 2 aliphatic rings. The summed E-state index contributed by atoms with van der Waals surface area (Å²) in [5.41, 5.74) is 0.546. The maximum absolute atomic E-state index is 11.4. The van der Waals surface area contributed by atoms with E-state index in [4.69, 9.17) is 0 Å². The molecule has 1 heteroatoms. The van der Waals surface area contributed by atoms with Crippen LogP contribution in [0.2, 0.25) is 0 Å². The van der Waals surface area contributed by atoms with Gasteiger partial charge >= 0.3 is 0 Å². The fourth-order valence-corrected chi connectivity index (χ4v) is 3.82. The van der Waals surface area contributed by atoms with Gasteiger partial charge in [-0.05, 0) is 43.4 Å². The van der Waals surface area contributed by atoms with E-state index in [0.717, 1.165) is 25.2 Å². The topological polar surface area (TPSA) is 17.1 Å². The maximum Gasteiger partial charge on any atom is 0.126 e. The Morgan fingerprint density at radius 1 is 1.27 bits per heavy atom. The fourth-order valence-electron chi connectivity index (χ4n) is 3.82. The van der Waals surface area contributed by atoms with Crippen molar-refractivity contribution >= 4 is 6.29 Å². The number of carbonyl (C=O) groups excluding carboxylic acids is 1. The molecule has 0 bridgehead atoms. The maximum atomic E-state index is 11.4. The Morgan fingerprint density at radius 3 is 2.47 bits per heavy atom. The van der Waals surface area contributed by atoms with Crippen LogP contribution in [0.4, 0.5) is 0 Å². The minimum absolute atomic E-state index is 0.0484. The van der Waals surface area contributed by atoms with Crippen molar-refractivity contribution < 1.29 is 4.79 Å². The third-order valence-corrected chi connectivity index (χ3v) is 4.72. The van der Waals surface area contributed by atoms with E-state index in [1.165, 1.54) is 38.4 Å². The van der Waals surface area contributed by atoms with Gasteiger partial charge in [0.1, 0.15) is 6.29 Å². The summed E-state index contributed by atoms with van der Waals surface area (Å²) in [5.74, 6) is 0.757. The van der Waals surface area contributed by atoms with E-state index in [9.17, 15) is 4.79 Å². The van der Waals surface area contributed by atoms with E-state index in [1.54, 1.807) is 0 Å². The molecule has 2 rings (SSSR count). The predicted octanol–water partition coefficient (Wildman–Crippen LogP) is 3.96. The molecule has 0 N–H and O–H groups in total. The molecule has 0 aromatic carbocycles. The third-order valence-electron chi connectivity index (χ3n) is 4.72. The molecule has 0 saturated heterocycles. The Labute approximate surface area is 93.6 Å². The van der Waals surface area contributed by atoms with Crippen LogP contribution in [0, 0.1) is 16.7 Å². The number of rotatable bonds is 3. The van der Waals surface area contributed by atoms with Crippen molar-refractivity contribution in [2.45, 2.75) is 65.2 Å². The fraction of sp³-hybridized carbons (Fsp3) is 0.929. The predicted molar refractivity (Wildman–Crippen MR) is 62.7 cm³/mol. The zero-order valence-electron chi connectivity index (χ0n) is 10.2. The van der Waals surface area contributed by atoms with Crippen LogP contribution < -0.4 is 0 Å². The van der Waals surface area contributed by atoms with Gasteiger partial charge in [-0.15, -0.1) is 0 Å². The molecule has 2 unspecified atom stereocenters. The lowest BCUT2D eigenvalue weighted by Gasteiger charge is -2.47. The first kappa shape index (κ1) is 11.2. The van der Waals surface area contributed by atoms with Crippen molar-refractivity contribution in [2.24, 2.45) is 16.7 Å². The van der Waals surface area contributed by atoms with Gasteiger partial charge in [0.15, 0.2) is 0 Å². The number of hydrogen-bond acceptors (Lipinski definition) is 1. The van der Waals surface area contributed by atoms with Crippen LogP contribution in [0.15, 0.2) is 0 Å². The normalized spacial score (nSPS) is 39.5. The Bertz CT molecular complexity index is 242. The first-order chi connectivity index (χ1) is 7.08. The smallest absolute Gasteiger partial charge is 0.126 e. The minimum Gasteiger partial charge on any atom is -0.303 e. The zero-order valence-corrected chi connectivity index (χ0v) is 10.2. The van der Waals surface area contributed by atoms with Crippen LogP contribution in [0.3, 0.4) is 0 Å². The Kier molecular flexibility index (Phi) is 2.92. The third kappa shape index (κ3) is 2.26. The molecule has 1 nitrogen and oxygen atoms in total. The van der Waals surface area contributed by atoms with Gasteiger partial charge < -0.3 is 4.79 Å². The van der Waals surface area contributed by atoms with Crippen molar-refractivity contribution in [3.8, 4) is 0 Å². The average molecular weight is 208 g/mol. The van der Waals surface area contributed by atoms with E-state index in [1.807, 2.05) is 0 Å². The second kappa shape index (κ2) is 3.92. The summed E-state index contributed by atoms with van der Waals surface area (Å²) < 4.78 is 0. The van der Waals surface area contributed by atoms with Crippen LogP contribution in [0.5, 0.6) is 0 Å². The van der Waals surface area contributed by atoms with Crippen molar-refractivity contribution in [2.75, 3.05) is 0 Å². The Balaban J connectivity index is 2.03. The van der Waals surface area contributed by atoms with Crippen LogP contribution in [0.1, 0.15) is 65.2 Å². The summed E-state index contributed by atoms with van der Waals surface area (Å²) in [6, 6.07) is 0. The van der Waals surface area contributed by atoms with Crippen molar-refractivity contribution in [3.05, 3.63) is 0 Å². The lowest BCUT2D eigenvalue weighted by atomic mass is 9.57. The van der Waals surface area contributed by atoms with Crippen molar-refractivity contribution in [3.63, 3.8) is 0 Å².